The van der Waals surface area contributed by atoms with E-state index in [0.29, 0.717) is 11.1 Å². The van der Waals surface area contributed by atoms with Crippen LogP contribution < -0.4 is 4.74 Å². The SMILES string of the molecule is Clc1[c]ccc(OC2CCCC2)c1. The lowest BCUT2D eigenvalue weighted by molar-refractivity contribution is 0.210. The second kappa shape index (κ2) is 4.01. The smallest absolute Gasteiger partial charge is 0.121 e. The van der Waals surface area contributed by atoms with Gasteiger partial charge in [0.15, 0.2) is 0 Å². The zero-order valence-electron chi connectivity index (χ0n) is 7.42. The van der Waals surface area contributed by atoms with E-state index in [2.05, 4.69) is 6.07 Å². The van der Waals surface area contributed by atoms with Crippen molar-refractivity contribution in [3.8, 4) is 5.75 Å². The Morgan fingerprint density at radius 1 is 1.38 bits per heavy atom. The molecule has 1 aromatic rings. The van der Waals surface area contributed by atoms with E-state index in [0.717, 1.165) is 5.75 Å². The van der Waals surface area contributed by atoms with E-state index in [4.69, 9.17) is 16.3 Å². The molecule has 1 aliphatic rings. The molecule has 0 heterocycles. The maximum Gasteiger partial charge on any atom is 0.121 e. The molecule has 2 heteroatoms. The number of rotatable bonds is 2. The quantitative estimate of drug-likeness (QED) is 0.702. The molecule has 0 saturated heterocycles. The van der Waals surface area contributed by atoms with Gasteiger partial charge in [0, 0.05) is 6.07 Å². The van der Waals surface area contributed by atoms with Crippen LogP contribution in [0.4, 0.5) is 0 Å². The van der Waals surface area contributed by atoms with Crippen molar-refractivity contribution < 1.29 is 4.74 Å². The van der Waals surface area contributed by atoms with Crippen LogP contribution >= 0.6 is 11.6 Å². The minimum atomic E-state index is 0.401. The highest BCUT2D eigenvalue weighted by atomic mass is 35.5. The summed E-state index contributed by atoms with van der Waals surface area (Å²) >= 11 is 5.79. The number of hydrogen-bond donors (Lipinski definition) is 0. The van der Waals surface area contributed by atoms with Gasteiger partial charge in [-0.15, -0.1) is 0 Å². The Kier molecular flexibility index (Phi) is 2.74. The molecule has 2 rings (SSSR count). The van der Waals surface area contributed by atoms with Crippen molar-refractivity contribution in [2.24, 2.45) is 0 Å². The molecule has 0 bridgehead atoms. The normalized spacial score (nSPS) is 17.6. The van der Waals surface area contributed by atoms with E-state index in [-0.39, 0.29) is 0 Å². The van der Waals surface area contributed by atoms with Gasteiger partial charge in [-0.3, -0.25) is 0 Å². The lowest BCUT2D eigenvalue weighted by atomic mass is 10.3. The van der Waals surface area contributed by atoms with Gasteiger partial charge in [-0.05, 0) is 43.9 Å². The number of hydrogen-bond acceptors (Lipinski definition) is 1. The maximum absolute atomic E-state index is 5.79. The fourth-order valence-corrected chi connectivity index (χ4v) is 1.86. The Balaban J connectivity index is 2.00. The highest BCUT2D eigenvalue weighted by Crippen LogP contribution is 2.25. The van der Waals surface area contributed by atoms with Crippen molar-refractivity contribution in [3.05, 3.63) is 29.3 Å². The lowest BCUT2D eigenvalue weighted by Gasteiger charge is -2.12. The summed E-state index contributed by atoms with van der Waals surface area (Å²) in [5, 5.41) is 0.621. The van der Waals surface area contributed by atoms with Crippen LogP contribution in [0.1, 0.15) is 25.7 Å². The highest BCUT2D eigenvalue weighted by Gasteiger charge is 2.16. The van der Waals surface area contributed by atoms with Crippen LogP contribution in [-0.4, -0.2) is 6.10 Å². The van der Waals surface area contributed by atoms with Crippen molar-refractivity contribution in [2.45, 2.75) is 31.8 Å². The molecule has 1 fully saturated rings. The zero-order chi connectivity index (χ0) is 9.10. The van der Waals surface area contributed by atoms with Crippen molar-refractivity contribution in [2.75, 3.05) is 0 Å². The average molecular weight is 196 g/mol. The third-order valence-corrected chi connectivity index (χ3v) is 2.56. The predicted octanol–water partition coefficient (Wildman–Crippen LogP) is 3.46. The molecule has 1 aromatic carbocycles. The van der Waals surface area contributed by atoms with Crippen LogP contribution in [0, 0.1) is 6.07 Å². The van der Waals surface area contributed by atoms with Gasteiger partial charge in [0.05, 0.1) is 11.1 Å². The van der Waals surface area contributed by atoms with E-state index in [9.17, 15) is 0 Å². The maximum atomic E-state index is 5.79. The Labute approximate surface area is 83.7 Å². The topological polar surface area (TPSA) is 9.23 Å². The third-order valence-electron chi connectivity index (χ3n) is 2.34. The largest absolute Gasteiger partial charge is 0.490 e. The predicted molar refractivity (Wildman–Crippen MR) is 53.2 cm³/mol. The zero-order valence-corrected chi connectivity index (χ0v) is 8.18. The number of benzene rings is 1. The van der Waals surface area contributed by atoms with Gasteiger partial charge < -0.3 is 4.74 Å². The van der Waals surface area contributed by atoms with E-state index in [1.807, 2.05) is 12.1 Å². The van der Waals surface area contributed by atoms with E-state index < -0.39 is 0 Å². The van der Waals surface area contributed by atoms with Crippen LogP contribution in [0.5, 0.6) is 5.75 Å². The van der Waals surface area contributed by atoms with Gasteiger partial charge in [-0.1, -0.05) is 11.6 Å². The van der Waals surface area contributed by atoms with E-state index in [1.54, 1.807) is 6.07 Å². The summed E-state index contributed by atoms with van der Waals surface area (Å²) in [4.78, 5) is 0. The summed E-state index contributed by atoms with van der Waals surface area (Å²) in [6.45, 7) is 0. The molecular weight excluding hydrogens is 184 g/mol. The van der Waals surface area contributed by atoms with E-state index >= 15 is 0 Å². The number of halogens is 1. The van der Waals surface area contributed by atoms with Gasteiger partial charge in [-0.25, -0.2) is 0 Å². The second-order valence-electron chi connectivity index (χ2n) is 3.40. The van der Waals surface area contributed by atoms with Gasteiger partial charge in [0.25, 0.3) is 0 Å². The molecule has 0 atom stereocenters. The summed E-state index contributed by atoms with van der Waals surface area (Å²) in [5.74, 6) is 0.871. The van der Waals surface area contributed by atoms with Gasteiger partial charge in [0.1, 0.15) is 5.75 Å². The average Bonchev–Trinajstić information content (AvgIpc) is 2.57. The Bertz CT molecular complexity index is 279. The summed E-state index contributed by atoms with van der Waals surface area (Å²) in [5.41, 5.74) is 0. The summed E-state index contributed by atoms with van der Waals surface area (Å²) < 4.78 is 5.75. The number of ether oxygens (including phenoxy) is 1. The molecule has 1 saturated carbocycles. The van der Waals surface area contributed by atoms with Gasteiger partial charge >= 0.3 is 0 Å². The van der Waals surface area contributed by atoms with Crippen molar-refractivity contribution >= 4 is 11.6 Å². The van der Waals surface area contributed by atoms with E-state index in [1.165, 1.54) is 25.7 Å². The molecule has 1 aliphatic carbocycles. The molecule has 69 valence electrons. The summed E-state index contributed by atoms with van der Waals surface area (Å²) in [6, 6.07) is 8.41. The molecular formula is C11H12ClO. The Morgan fingerprint density at radius 3 is 2.85 bits per heavy atom. The molecule has 1 radical (unpaired) electrons. The van der Waals surface area contributed by atoms with Crippen LogP contribution in [-0.2, 0) is 0 Å². The lowest BCUT2D eigenvalue weighted by Crippen LogP contribution is -2.10. The molecule has 13 heavy (non-hydrogen) atoms. The van der Waals surface area contributed by atoms with Crippen LogP contribution in [0.25, 0.3) is 0 Å². The minimum absolute atomic E-state index is 0.401. The first-order valence-electron chi connectivity index (χ1n) is 4.68. The third kappa shape index (κ3) is 2.38. The highest BCUT2D eigenvalue weighted by molar-refractivity contribution is 6.30. The van der Waals surface area contributed by atoms with Crippen molar-refractivity contribution in [1.82, 2.24) is 0 Å². The molecule has 0 amide bonds. The van der Waals surface area contributed by atoms with Crippen molar-refractivity contribution in [3.63, 3.8) is 0 Å². The molecule has 0 aliphatic heterocycles. The fraction of sp³-hybridized carbons (Fsp3) is 0.455. The Hall–Kier alpha value is -0.690. The molecule has 0 N–H and O–H groups in total. The fourth-order valence-electron chi connectivity index (χ4n) is 1.69. The van der Waals surface area contributed by atoms with Crippen molar-refractivity contribution in [1.29, 1.82) is 0 Å². The first-order chi connectivity index (χ1) is 6.34. The first kappa shape index (κ1) is 8.89. The van der Waals surface area contributed by atoms with Gasteiger partial charge in [-0.2, -0.15) is 0 Å². The monoisotopic (exact) mass is 195 g/mol. The molecule has 0 aromatic heterocycles. The first-order valence-corrected chi connectivity index (χ1v) is 5.06. The van der Waals surface area contributed by atoms with Crippen LogP contribution in [0.3, 0.4) is 0 Å². The van der Waals surface area contributed by atoms with Crippen LogP contribution in [0.15, 0.2) is 18.2 Å². The Morgan fingerprint density at radius 2 is 2.15 bits per heavy atom. The van der Waals surface area contributed by atoms with Gasteiger partial charge in [0.2, 0.25) is 0 Å². The molecule has 0 unspecified atom stereocenters. The standard InChI is InChI=1S/C11H12ClO/c12-9-4-3-7-11(8-9)13-10-5-1-2-6-10/h3,7-8,10H,1-2,5-6H2. The van der Waals surface area contributed by atoms with Crippen LogP contribution in [0.2, 0.25) is 5.02 Å². The molecule has 1 nitrogen and oxygen atoms in total. The summed E-state index contributed by atoms with van der Waals surface area (Å²) in [7, 11) is 0. The second-order valence-corrected chi connectivity index (χ2v) is 3.80. The minimum Gasteiger partial charge on any atom is -0.490 e. The summed E-state index contributed by atoms with van der Waals surface area (Å²) in [6.07, 6.45) is 5.33. The molecule has 0 spiro atoms.